The first-order valence-corrected chi connectivity index (χ1v) is 6.06. The van der Waals surface area contributed by atoms with E-state index in [0.29, 0.717) is 17.7 Å². The first kappa shape index (κ1) is 12.5. The van der Waals surface area contributed by atoms with E-state index in [1.807, 2.05) is 0 Å². The molecule has 1 aromatic carbocycles. The summed E-state index contributed by atoms with van der Waals surface area (Å²) < 4.78 is 23.7. The van der Waals surface area contributed by atoms with Crippen LogP contribution in [0.4, 0.5) is 5.69 Å². The molecule has 0 spiro atoms. The van der Waals surface area contributed by atoms with Gasteiger partial charge in [0.05, 0.1) is 12.3 Å². The number of hydrogen-bond donors (Lipinski definition) is 3. The second-order valence-electron chi connectivity index (χ2n) is 3.00. The van der Waals surface area contributed by atoms with Crippen molar-refractivity contribution >= 4 is 15.9 Å². The summed E-state index contributed by atoms with van der Waals surface area (Å²) in [7, 11) is -3.76. The molecule has 0 aromatic heterocycles. The average Bonchev–Trinajstić information content (AvgIpc) is 2.16. The fraction of sp³-hybridized carbons (Fsp3) is 0.200. The minimum absolute atomic E-state index is 0.00210. The molecule has 16 heavy (non-hydrogen) atoms. The summed E-state index contributed by atoms with van der Waals surface area (Å²) in [6.07, 6.45) is 0.382. The third-order valence-corrected chi connectivity index (χ3v) is 2.11. The molecule has 0 aliphatic carbocycles. The minimum atomic E-state index is -3.76. The Labute approximate surface area is 94.5 Å². The van der Waals surface area contributed by atoms with Crippen molar-refractivity contribution in [1.82, 2.24) is 0 Å². The summed E-state index contributed by atoms with van der Waals surface area (Å²) in [4.78, 5) is 0. The SMILES string of the molecule is NS(=O)(=O)Nc1cccc(C#CCCO)c1. The van der Waals surface area contributed by atoms with E-state index in [0.717, 1.165) is 0 Å². The predicted octanol–water partition coefficient (Wildman–Crippen LogP) is 0.0359. The molecule has 0 fully saturated rings. The number of aliphatic hydroxyl groups excluding tert-OH is 1. The fourth-order valence-corrected chi connectivity index (χ4v) is 1.50. The van der Waals surface area contributed by atoms with Crippen LogP contribution in [0.3, 0.4) is 0 Å². The summed E-state index contributed by atoms with van der Waals surface area (Å²) >= 11 is 0. The van der Waals surface area contributed by atoms with E-state index in [-0.39, 0.29) is 6.61 Å². The Kier molecular flexibility index (Phi) is 4.31. The monoisotopic (exact) mass is 240 g/mol. The largest absolute Gasteiger partial charge is 0.395 e. The number of hydrogen-bond acceptors (Lipinski definition) is 3. The third-order valence-electron chi connectivity index (χ3n) is 1.59. The molecule has 0 saturated carbocycles. The van der Waals surface area contributed by atoms with E-state index >= 15 is 0 Å². The number of anilines is 1. The van der Waals surface area contributed by atoms with Crippen molar-refractivity contribution in [2.24, 2.45) is 5.14 Å². The maximum absolute atomic E-state index is 10.8. The van der Waals surface area contributed by atoms with Crippen LogP contribution < -0.4 is 9.86 Å². The zero-order valence-electron chi connectivity index (χ0n) is 8.47. The van der Waals surface area contributed by atoms with Crippen molar-refractivity contribution in [3.63, 3.8) is 0 Å². The van der Waals surface area contributed by atoms with Gasteiger partial charge in [0.1, 0.15) is 0 Å². The number of aliphatic hydroxyl groups is 1. The average molecular weight is 240 g/mol. The fourth-order valence-electron chi connectivity index (χ4n) is 1.05. The van der Waals surface area contributed by atoms with Gasteiger partial charge < -0.3 is 5.11 Å². The topological polar surface area (TPSA) is 92.4 Å². The van der Waals surface area contributed by atoms with Crippen LogP contribution in [-0.2, 0) is 10.2 Å². The highest BCUT2D eigenvalue weighted by atomic mass is 32.2. The first-order valence-electron chi connectivity index (χ1n) is 4.51. The molecule has 0 atom stereocenters. The summed E-state index contributed by atoms with van der Waals surface area (Å²) in [5.41, 5.74) is 1.01. The van der Waals surface area contributed by atoms with E-state index in [1.54, 1.807) is 24.3 Å². The predicted molar refractivity (Wildman–Crippen MR) is 61.8 cm³/mol. The van der Waals surface area contributed by atoms with Gasteiger partial charge in [-0.1, -0.05) is 17.9 Å². The highest BCUT2D eigenvalue weighted by Gasteiger charge is 2.01. The molecule has 1 aromatic rings. The lowest BCUT2D eigenvalue weighted by atomic mass is 10.2. The normalized spacial score (nSPS) is 10.4. The molecule has 1 rings (SSSR count). The van der Waals surface area contributed by atoms with E-state index in [9.17, 15) is 8.42 Å². The van der Waals surface area contributed by atoms with Gasteiger partial charge in [-0.05, 0) is 18.2 Å². The lowest BCUT2D eigenvalue weighted by Crippen LogP contribution is -2.21. The first-order chi connectivity index (χ1) is 7.51. The maximum atomic E-state index is 10.8. The molecule has 0 saturated heterocycles. The van der Waals surface area contributed by atoms with Crippen molar-refractivity contribution in [2.45, 2.75) is 6.42 Å². The van der Waals surface area contributed by atoms with Crippen LogP contribution in [0.5, 0.6) is 0 Å². The van der Waals surface area contributed by atoms with Crippen LogP contribution in [-0.4, -0.2) is 20.1 Å². The summed E-state index contributed by atoms with van der Waals surface area (Å²) in [6, 6.07) is 6.53. The second kappa shape index (κ2) is 5.51. The molecule has 0 unspecified atom stereocenters. The van der Waals surface area contributed by atoms with Crippen LogP contribution in [0, 0.1) is 11.8 Å². The Morgan fingerprint density at radius 2 is 2.19 bits per heavy atom. The number of rotatable bonds is 3. The highest BCUT2D eigenvalue weighted by Crippen LogP contribution is 2.10. The second-order valence-corrected chi connectivity index (χ2v) is 4.30. The summed E-state index contributed by atoms with van der Waals surface area (Å²) in [6.45, 7) is 0.00210. The molecule has 6 heteroatoms. The van der Waals surface area contributed by atoms with Crippen molar-refractivity contribution in [3.8, 4) is 11.8 Å². The van der Waals surface area contributed by atoms with Gasteiger partial charge in [0.15, 0.2) is 0 Å². The minimum Gasteiger partial charge on any atom is -0.395 e. The van der Waals surface area contributed by atoms with E-state index in [1.165, 1.54) is 0 Å². The van der Waals surface area contributed by atoms with Crippen molar-refractivity contribution in [3.05, 3.63) is 29.8 Å². The molecular formula is C10H12N2O3S. The van der Waals surface area contributed by atoms with Gasteiger partial charge in [0.25, 0.3) is 10.2 Å². The molecule has 0 amide bonds. The third kappa shape index (κ3) is 4.79. The molecule has 5 nitrogen and oxygen atoms in total. The number of nitrogens with one attached hydrogen (secondary N) is 1. The van der Waals surface area contributed by atoms with Crippen molar-refractivity contribution < 1.29 is 13.5 Å². The van der Waals surface area contributed by atoms with Crippen LogP contribution >= 0.6 is 0 Å². The van der Waals surface area contributed by atoms with Gasteiger partial charge in [0, 0.05) is 12.0 Å². The summed E-state index contributed by atoms with van der Waals surface area (Å²) in [5, 5.41) is 13.4. The van der Waals surface area contributed by atoms with Crippen LogP contribution in [0.2, 0.25) is 0 Å². The van der Waals surface area contributed by atoms with Gasteiger partial charge >= 0.3 is 0 Å². The lowest BCUT2D eigenvalue weighted by Gasteiger charge is -2.02. The van der Waals surface area contributed by atoms with E-state index in [4.69, 9.17) is 10.2 Å². The molecule has 86 valence electrons. The van der Waals surface area contributed by atoms with Crippen molar-refractivity contribution in [1.29, 1.82) is 0 Å². The Morgan fingerprint density at radius 3 is 2.81 bits per heavy atom. The molecule has 0 heterocycles. The molecule has 0 radical (unpaired) electrons. The van der Waals surface area contributed by atoms with Crippen LogP contribution in [0.25, 0.3) is 0 Å². The zero-order valence-corrected chi connectivity index (χ0v) is 9.29. The van der Waals surface area contributed by atoms with Crippen molar-refractivity contribution in [2.75, 3.05) is 11.3 Å². The van der Waals surface area contributed by atoms with Gasteiger partial charge in [0.2, 0.25) is 0 Å². The van der Waals surface area contributed by atoms with Gasteiger partial charge in [-0.15, -0.1) is 0 Å². The summed E-state index contributed by atoms with van der Waals surface area (Å²) in [5.74, 6) is 5.52. The Bertz CT molecular complexity index is 514. The Morgan fingerprint density at radius 1 is 1.44 bits per heavy atom. The zero-order chi connectivity index (χ0) is 12.0. The van der Waals surface area contributed by atoms with Crippen LogP contribution in [0.15, 0.2) is 24.3 Å². The lowest BCUT2D eigenvalue weighted by molar-refractivity contribution is 0.305. The maximum Gasteiger partial charge on any atom is 0.296 e. The van der Waals surface area contributed by atoms with E-state index < -0.39 is 10.2 Å². The smallest absolute Gasteiger partial charge is 0.296 e. The van der Waals surface area contributed by atoms with Gasteiger partial charge in [-0.3, -0.25) is 4.72 Å². The molecule has 0 aliphatic heterocycles. The molecule has 0 bridgehead atoms. The molecule has 4 N–H and O–H groups in total. The number of nitrogens with two attached hydrogens (primary N) is 1. The highest BCUT2D eigenvalue weighted by molar-refractivity contribution is 7.90. The molecular weight excluding hydrogens is 228 g/mol. The van der Waals surface area contributed by atoms with Crippen LogP contribution in [0.1, 0.15) is 12.0 Å². The van der Waals surface area contributed by atoms with E-state index in [2.05, 4.69) is 16.6 Å². The van der Waals surface area contributed by atoms with Gasteiger partial charge in [-0.2, -0.15) is 8.42 Å². The number of benzene rings is 1. The standard InChI is InChI=1S/C10H12N2O3S/c11-16(14,15)12-10-6-3-5-9(8-10)4-1-2-7-13/h3,5-6,8,12-13H,2,7H2,(H2,11,14,15). The quantitative estimate of drug-likeness (QED) is 0.651. The molecule has 0 aliphatic rings. The Hall–Kier alpha value is -1.55. The van der Waals surface area contributed by atoms with Gasteiger partial charge in [-0.25, -0.2) is 5.14 Å². The Balaban J connectivity index is 2.84.